The third-order valence-electron chi connectivity index (χ3n) is 4.69. The van der Waals surface area contributed by atoms with Crippen molar-refractivity contribution in [2.75, 3.05) is 7.05 Å². The maximum absolute atomic E-state index is 3.54. The van der Waals surface area contributed by atoms with Gasteiger partial charge in [0.15, 0.2) is 0 Å². The molecule has 1 nitrogen and oxygen atoms in total. The van der Waals surface area contributed by atoms with Crippen molar-refractivity contribution in [1.82, 2.24) is 5.32 Å². The molecule has 0 heterocycles. The number of hydrogen-bond donors (Lipinski definition) is 1. The van der Waals surface area contributed by atoms with Crippen molar-refractivity contribution in [3.05, 3.63) is 35.4 Å². The first kappa shape index (κ1) is 13.6. The standard InChI is InChI=1S/C17H27N/c1-4-13-6-9-15(10-7-13)17(18-3)16-11-8-14(5-2)12-16/h6-7,9-10,14,16-18H,4-5,8,11-12H2,1-3H3. The van der Waals surface area contributed by atoms with Crippen LogP contribution in [-0.2, 0) is 6.42 Å². The van der Waals surface area contributed by atoms with Crippen molar-refractivity contribution >= 4 is 0 Å². The van der Waals surface area contributed by atoms with Crippen LogP contribution in [0.2, 0.25) is 0 Å². The molecule has 0 aliphatic heterocycles. The van der Waals surface area contributed by atoms with E-state index in [-0.39, 0.29) is 0 Å². The largest absolute Gasteiger partial charge is 0.313 e. The summed E-state index contributed by atoms with van der Waals surface area (Å²) in [6, 6.07) is 9.75. The van der Waals surface area contributed by atoms with Gasteiger partial charge in [0.2, 0.25) is 0 Å². The van der Waals surface area contributed by atoms with Gasteiger partial charge in [0.05, 0.1) is 0 Å². The highest BCUT2D eigenvalue weighted by Crippen LogP contribution is 2.40. The second-order valence-electron chi connectivity index (χ2n) is 5.71. The zero-order valence-electron chi connectivity index (χ0n) is 12.1. The molecule has 0 bridgehead atoms. The van der Waals surface area contributed by atoms with Crippen LogP contribution in [-0.4, -0.2) is 7.05 Å². The Bertz CT molecular complexity index is 354. The van der Waals surface area contributed by atoms with Crippen LogP contribution in [0.25, 0.3) is 0 Å². The molecule has 18 heavy (non-hydrogen) atoms. The maximum atomic E-state index is 3.54. The van der Waals surface area contributed by atoms with Crippen LogP contribution in [0.4, 0.5) is 0 Å². The van der Waals surface area contributed by atoms with Crippen molar-refractivity contribution in [2.45, 2.75) is 52.0 Å². The molecule has 1 aromatic carbocycles. The van der Waals surface area contributed by atoms with Crippen LogP contribution >= 0.6 is 0 Å². The van der Waals surface area contributed by atoms with Crippen LogP contribution in [0.15, 0.2) is 24.3 Å². The number of hydrogen-bond acceptors (Lipinski definition) is 1. The monoisotopic (exact) mass is 245 g/mol. The highest BCUT2D eigenvalue weighted by Gasteiger charge is 2.29. The van der Waals surface area contributed by atoms with E-state index in [4.69, 9.17) is 0 Å². The quantitative estimate of drug-likeness (QED) is 0.814. The summed E-state index contributed by atoms with van der Waals surface area (Å²) in [5, 5.41) is 3.54. The van der Waals surface area contributed by atoms with Gasteiger partial charge in [-0.25, -0.2) is 0 Å². The average Bonchev–Trinajstić information content (AvgIpc) is 2.89. The molecule has 0 amide bonds. The molecule has 100 valence electrons. The Balaban J connectivity index is 2.08. The molecule has 0 aromatic heterocycles. The van der Waals surface area contributed by atoms with Crippen molar-refractivity contribution in [2.24, 2.45) is 11.8 Å². The zero-order valence-corrected chi connectivity index (χ0v) is 12.1. The smallest absolute Gasteiger partial charge is 0.0346 e. The third-order valence-corrected chi connectivity index (χ3v) is 4.69. The lowest BCUT2D eigenvalue weighted by atomic mass is 9.90. The number of aryl methyl sites for hydroxylation is 1. The molecule has 1 saturated carbocycles. The van der Waals surface area contributed by atoms with Crippen LogP contribution in [0.5, 0.6) is 0 Å². The fourth-order valence-electron chi connectivity index (χ4n) is 3.42. The van der Waals surface area contributed by atoms with E-state index in [2.05, 4.69) is 50.5 Å². The lowest BCUT2D eigenvalue weighted by Crippen LogP contribution is -2.23. The molecule has 1 aliphatic carbocycles. The predicted molar refractivity (Wildman–Crippen MR) is 78.7 cm³/mol. The van der Waals surface area contributed by atoms with Gasteiger partial charge in [0, 0.05) is 6.04 Å². The van der Waals surface area contributed by atoms with E-state index in [0.717, 1.165) is 18.3 Å². The first-order valence-corrected chi connectivity index (χ1v) is 7.54. The molecule has 3 unspecified atom stereocenters. The van der Waals surface area contributed by atoms with Gasteiger partial charge in [0.25, 0.3) is 0 Å². The minimum atomic E-state index is 0.549. The van der Waals surface area contributed by atoms with Crippen LogP contribution in [0, 0.1) is 11.8 Å². The van der Waals surface area contributed by atoms with E-state index < -0.39 is 0 Å². The van der Waals surface area contributed by atoms with E-state index in [0.29, 0.717) is 6.04 Å². The highest BCUT2D eigenvalue weighted by molar-refractivity contribution is 5.25. The SMILES string of the molecule is CCc1ccc(C(NC)C2CCC(CC)C2)cc1. The second-order valence-corrected chi connectivity index (χ2v) is 5.71. The fourth-order valence-corrected chi connectivity index (χ4v) is 3.42. The summed E-state index contributed by atoms with van der Waals surface area (Å²) in [6.45, 7) is 4.55. The summed E-state index contributed by atoms with van der Waals surface area (Å²) < 4.78 is 0. The molecule has 0 spiro atoms. The van der Waals surface area contributed by atoms with Crippen LogP contribution in [0.3, 0.4) is 0 Å². The second kappa shape index (κ2) is 6.38. The van der Waals surface area contributed by atoms with Gasteiger partial charge in [-0.1, -0.05) is 51.0 Å². The maximum Gasteiger partial charge on any atom is 0.0346 e. The Morgan fingerprint density at radius 2 is 1.89 bits per heavy atom. The minimum Gasteiger partial charge on any atom is -0.313 e. The summed E-state index contributed by atoms with van der Waals surface area (Å²) in [5.74, 6) is 1.79. The summed E-state index contributed by atoms with van der Waals surface area (Å²) in [4.78, 5) is 0. The van der Waals surface area contributed by atoms with Crippen LogP contribution in [0.1, 0.15) is 56.7 Å². The Hall–Kier alpha value is -0.820. The van der Waals surface area contributed by atoms with Gasteiger partial charge in [0.1, 0.15) is 0 Å². The molecule has 1 N–H and O–H groups in total. The fraction of sp³-hybridized carbons (Fsp3) is 0.647. The van der Waals surface area contributed by atoms with Crippen molar-refractivity contribution < 1.29 is 0 Å². The molecular weight excluding hydrogens is 218 g/mol. The van der Waals surface area contributed by atoms with Crippen molar-refractivity contribution in [3.8, 4) is 0 Å². The van der Waals surface area contributed by atoms with E-state index in [1.165, 1.54) is 36.8 Å². The van der Waals surface area contributed by atoms with E-state index in [1.54, 1.807) is 0 Å². The number of rotatable bonds is 5. The summed E-state index contributed by atoms with van der Waals surface area (Å²) in [5.41, 5.74) is 2.91. The van der Waals surface area contributed by atoms with Gasteiger partial charge >= 0.3 is 0 Å². The molecular formula is C17H27N. The van der Waals surface area contributed by atoms with E-state index in [1.807, 2.05) is 0 Å². The molecule has 1 aliphatic rings. The Morgan fingerprint density at radius 3 is 2.39 bits per heavy atom. The van der Waals surface area contributed by atoms with Gasteiger partial charge in [-0.05, 0) is 49.3 Å². The molecule has 0 radical (unpaired) electrons. The molecule has 1 fully saturated rings. The third kappa shape index (κ3) is 2.95. The summed E-state index contributed by atoms with van der Waals surface area (Å²) in [6.07, 6.45) is 6.69. The lowest BCUT2D eigenvalue weighted by molar-refractivity contribution is 0.372. The van der Waals surface area contributed by atoms with E-state index >= 15 is 0 Å². The predicted octanol–water partition coefficient (Wildman–Crippen LogP) is 4.34. The number of nitrogens with one attached hydrogen (secondary N) is 1. The summed E-state index contributed by atoms with van der Waals surface area (Å²) >= 11 is 0. The lowest BCUT2D eigenvalue weighted by Gasteiger charge is -2.24. The average molecular weight is 245 g/mol. The van der Waals surface area contributed by atoms with Crippen molar-refractivity contribution in [3.63, 3.8) is 0 Å². The molecule has 0 saturated heterocycles. The van der Waals surface area contributed by atoms with Gasteiger partial charge < -0.3 is 5.32 Å². The summed E-state index contributed by atoms with van der Waals surface area (Å²) in [7, 11) is 2.11. The first-order chi connectivity index (χ1) is 8.78. The molecule has 1 aromatic rings. The van der Waals surface area contributed by atoms with Gasteiger partial charge in [-0.2, -0.15) is 0 Å². The molecule has 3 atom stereocenters. The molecule has 1 heteroatoms. The van der Waals surface area contributed by atoms with Crippen molar-refractivity contribution in [1.29, 1.82) is 0 Å². The topological polar surface area (TPSA) is 12.0 Å². The van der Waals surface area contributed by atoms with Gasteiger partial charge in [-0.15, -0.1) is 0 Å². The highest BCUT2D eigenvalue weighted by atomic mass is 14.9. The normalized spacial score (nSPS) is 25.3. The van der Waals surface area contributed by atoms with E-state index in [9.17, 15) is 0 Å². The Morgan fingerprint density at radius 1 is 1.17 bits per heavy atom. The van der Waals surface area contributed by atoms with Crippen LogP contribution < -0.4 is 5.32 Å². The Kier molecular flexibility index (Phi) is 4.82. The molecule has 2 rings (SSSR count). The Labute approximate surface area is 112 Å². The van der Waals surface area contributed by atoms with Gasteiger partial charge in [-0.3, -0.25) is 0 Å². The zero-order chi connectivity index (χ0) is 13.0. The first-order valence-electron chi connectivity index (χ1n) is 7.54. The number of benzene rings is 1. The minimum absolute atomic E-state index is 0.549.